The van der Waals surface area contributed by atoms with Gasteiger partial charge in [0.15, 0.2) is 0 Å². The monoisotopic (exact) mass is 290 g/mol. The Morgan fingerprint density at radius 3 is 3.10 bits per heavy atom. The fourth-order valence-corrected chi connectivity index (χ4v) is 4.00. The molecule has 3 rings (SSSR count). The number of nitrogens with zero attached hydrogens (tertiary/aromatic N) is 2. The Labute approximate surface area is 121 Å². The highest BCUT2D eigenvalue weighted by atomic mass is 32.1. The van der Waals surface area contributed by atoms with Crippen molar-refractivity contribution in [3.63, 3.8) is 0 Å². The van der Waals surface area contributed by atoms with E-state index in [1.165, 1.54) is 16.8 Å². The Balaban J connectivity index is 2.07. The van der Waals surface area contributed by atoms with Gasteiger partial charge >= 0.3 is 0 Å². The Kier molecular flexibility index (Phi) is 3.33. The number of aliphatic carboxylic acids is 1. The summed E-state index contributed by atoms with van der Waals surface area (Å²) in [5.74, 6) is 0.176. The first-order valence-corrected chi connectivity index (χ1v) is 7.60. The van der Waals surface area contributed by atoms with Crippen LogP contribution in [0.1, 0.15) is 30.7 Å². The number of aromatic nitrogens is 2. The van der Waals surface area contributed by atoms with Crippen LogP contribution in [0.15, 0.2) is 6.33 Å². The van der Waals surface area contributed by atoms with E-state index in [0.717, 1.165) is 29.5 Å². The van der Waals surface area contributed by atoms with Gasteiger partial charge in [-0.3, -0.25) is 0 Å². The number of hydrogen-bond acceptors (Lipinski definition) is 6. The van der Waals surface area contributed by atoms with Crippen LogP contribution in [0.2, 0.25) is 0 Å². The van der Waals surface area contributed by atoms with E-state index < -0.39 is 12.0 Å². The molecule has 2 atom stereocenters. The van der Waals surface area contributed by atoms with Crippen molar-refractivity contribution >= 4 is 33.3 Å². The minimum atomic E-state index is -1.13. The highest BCUT2D eigenvalue weighted by Crippen LogP contribution is 2.39. The third kappa shape index (κ3) is 2.24. The van der Waals surface area contributed by atoms with Gasteiger partial charge in [0.1, 0.15) is 17.0 Å². The van der Waals surface area contributed by atoms with Crippen LogP contribution in [-0.2, 0) is 17.6 Å². The third-order valence-corrected chi connectivity index (χ3v) is 4.96. The van der Waals surface area contributed by atoms with E-state index in [1.54, 1.807) is 18.3 Å². The summed E-state index contributed by atoms with van der Waals surface area (Å²) >= 11 is 1.70. The molecular formula is C14H16N3O2S-. The van der Waals surface area contributed by atoms with Crippen LogP contribution in [0, 0.1) is 5.92 Å². The zero-order chi connectivity index (χ0) is 14.3. The van der Waals surface area contributed by atoms with Gasteiger partial charge in [0.25, 0.3) is 0 Å². The van der Waals surface area contributed by atoms with Crippen LogP contribution >= 0.6 is 11.3 Å². The number of carbonyl (C=O) groups is 1. The molecule has 0 amide bonds. The maximum absolute atomic E-state index is 10.9. The minimum Gasteiger partial charge on any atom is -0.548 e. The molecule has 0 saturated heterocycles. The lowest BCUT2D eigenvalue weighted by Gasteiger charge is -2.19. The molecule has 0 saturated carbocycles. The number of carboxylic acids is 1. The van der Waals surface area contributed by atoms with Crippen LogP contribution in [0.5, 0.6) is 0 Å². The van der Waals surface area contributed by atoms with E-state index in [-0.39, 0.29) is 0 Å². The summed E-state index contributed by atoms with van der Waals surface area (Å²) in [7, 11) is 0. The van der Waals surface area contributed by atoms with E-state index in [4.69, 9.17) is 0 Å². The summed E-state index contributed by atoms with van der Waals surface area (Å²) < 4.78 is 0. The van der Waals surface area contributed by atoms with Crippen molar-refractivity contribution in [2.45, 2.75) is 39.2 Å². The Bertz CT molecular complexity index is 668. The van der Waals surface area contributed by atoms with Crippen LogP contribution < -0.4 is 10.4 Å². The fraction of sp³-hybridized carbons (Fsp3) is 0.500. The topological polar surface area (TPSA) is 77.9 Å². The van der Waals surface area contributed by atoms with Gasteiger partial charge in [-0.05, 0) is 37.7 Å². The number of rotatable bonds is 3. The summed E-state index contributed by atoms with van der Waals surface area (Å²) in [6.07, 6.45) is 4.73. The van der Waals surface area contributed by atoms with Gasteiger partial charge in [0.2, 0.25) is 0 Å². The molecule has 0 aromatic carbocycles. The van der Waals surface area contributed by atoms with Crippen LogP contribution in [0.3, 0.4) is 0 Å². The predicted octanol–water partition coefficient (Wildman–Crippen LogP) is 1.37. The van der Waals surface area contributed by atoms with E-state index in [2.05, 4.69) is 22.2 Å². The van der Waals surface area contributed by atoms with Gasteiger partial charge < -0.3 is 15.2 Å². The Morgan fingerprint density at radius 2 is 2.35 bits per heavy atom. The van der Waals surface area contributed by atoms with Gasteiger partial charge in [0.05, 0.1) is 17.4 Å². The SMILES string of the molecule is C[C@@H]1CCc2c(sc3ncnc(N[C@H](C)C(=O)[O-])c23)C1. The maximum Gasteiger partial charge on any atom is 0.138 e. The van der Waals surface area contributed by atoms with Gasteiger partial charge in [-0.25, -0.2) is 9.97 Å². The summed E-state index contributed by atoms with van der Waals surface area (Å²) in [5, 5.41) is 14.8. The third-order valence-electron chi connectivity index (χ3n) is 3.80. The van der Waals surface area contributed by atoms with Crippen molar-refractivity contribution in [3.05, 3.63) is 16.8 Å². The van der Waals surface area contributed by atoms with E-state index in [9.17, 15) is 9.90 Å². The van der Waals surface area contributed by atoms with Crippen molar-refractivity contribution in [1.82, 2.24) is 9.97 Å². The average Bonchev–Trinajstić information content (AvgIpc) is 2.76. The first-order valence-electron chi connectivity index (χ1n) is 6.79. The maximum atomic E-state index is 10.9. The Hall–Kier alpha value is -1.69. The van der Waals surface area contributed by atoms with E-state index in [0.29, 0.717) is 11.7 Å². The van der Waals surface area contributed by atoms with Crippen LogP contribution in [-0.4, -0.2) is 22.0 Å². The van der Waals surface area contributed by atoms with Gasteiger partial charge in [-0.1, -0.05) is 6.92 Å². The lowest BCUT2D eigenvalue weighted by molar-refractivity contribution is -0.306. The van der Waals surface area contributed by atoms with Gasteiger partial charge in [0, 0.05) is 4.88 Å². The lowest BCUT2D eigenvalue weighted by atomic mass is 9.89. The summed E-state index contributed by atoms with van der Waals surface area (Å²) in [6.45, 7) is 3.82. The molecule has 1 aliphatic carbocycles. The lowest BCUT2D eigenvalue weighted by Crippen LogP contribution is -2.38. The quantitative estimate of drug-likeness (QED) is 0.923. The predicted molar refractivity (Wildman–Crippen MR) is 76.7 cm³/mol. The number of thiophene rings is 1. The Morgan fingerprint density at radius 1 is 1.55 bits per heavy atom. The summed E-state index contributed by atoms with van der Waals surface area (Å²) in [5.41, 5.74) is 1.29. The second-order valence-electron chi connectivity index (χ2n) is 5.44. The molecule has 6 heteroatoms. The first kappa shape index (κ1) is 13.3. The molecule has 5 nitrogen and oxygen atoms in total. The van der Waals surface area contributed by atoms with E-state index in [1.807, 2.05) is 0 Å². The van der Waals surface area contributed by atoms with Crippen molar-refractivity contribution < 1.29 is 9.90 Å². The molecule has 2 heterocycles. The molecule has 20 heavy (non-hydrogen) atoms. The smallest absolute Gasteiger partial charge is 0.138 e. The molecule has 1 N–H and O–H groups in total. The molecule has 0 unspecified atom stereocenters. The van der Waals surface area contributed by atoms with Crippen LogP contribution in [0.25, 0.3) is 10.2 Å². The molecule has 2 aromatic rings. The fourth-order valence-electron chi connectivity index (χ4n) is 2.65. The zero-order valence-electron chi connectivity index (χ0n) is 11.5. The molecule has 106 valence electrons. The van der Waals surface area contributed by atoms with Gasteiger partial charge in [-0.2, -0.15) is 0 Å². The van der Waals surface area contributed by atoms with Gasteiger partial charge in [-0.15, -0.1) is 11.3 Å². The minimum absolute atomic E-state index is 0.610. The number of hydrogen-bond donors (Lipinski definition) is 1. The summed E-state index contributed by atoms with van der Waals surface area (Å²) in [4.78, 5) is 21.7. The summed E-state index contributed by atoms with van der Waals surface area (Å²) in [6, 6.07) is -0.772. The highest BCUT2D eigenvalue weighted by Gasteiger charge is 2.23. The average molecular weight is 290 g/mol. The zero-order valence-corrected chi connectivity index (χ0v) is 12.3. The molecule has 0 bridgehead atoms. The molecule has 0 aliphatic heterocycles. The molecular weight excluding hydrogens is 274 g/mol. The molecule has 1 aliphatic rings. The second kappa shape index (κ2) is 5.01. The van der Waals surface area contributed by atoms with Crippen molar-refractivity contribution in [2.24, 2.45) is 5.92 Å². The van der Waals surface area contributed by atoms with Crippen molar-refractivity contribution in [2.75, 3.05) is 5.32 Å². The number of fused-ring (bicyclic) bond motifs is 3. The number of carboxylic acid groups (broad SMARTS) is 1. The van der Waals surface area contributed by atoms with Crippen molar-refractivity contribution in [3.8, 4) is 0 Å². The van der Waals surface area contributed by atoms with Crippen molar-refractivity contribution in [1.29, 1.82) is 0 Å². The molecule has 2 aromatic heterocycles. The molecule has 0 radical (unpaired) electrons. The standard InChI is InChI=1S/C14H17N3O2S/c1-7-3-4-9-10(5-7)20-13-11(9)12(15-6-16-13)17-8(2)14(18)19/h6-8H,3-5H2,1-2H3,(H,18,19)(H,15,16,17)/p-1/t7-,8-/m1/s1. The second-order valence-corrected chi connectivity index (χ2v) is 6.52. The normalized spacial score (nSPS) is 19.6. The highest BCUT2D eigenvalue weighted by molar-refractivity contribution is 7.19. The number of nitrogens with one attached hydrogen (secondary N) is 1. The number of anilines is 1. The van der Waals surface area contributed by atoms with E-state index >= 15 is 0 Å². The van der Waals surface area contributed by atoms with Crippen LogP contribution in [0.4, 0.5) is 5.82 Å². The first-order chi connectivity index (χ1) is 9.56. The number of carbonyl (C=O) groups excluding carboxylic acids is 1. The molecule has 0 spiro atoms. The largest absolute Gasteiger partial charge is 0.548 e. The number of aryl methyl sites for hydroxylation is 1. The molecule has 0 fully saturated rings.